The van der Waals surface area contributed by atoms with E-state index >= 15 is 0 Å². The summed E-state index contributed by atoms with van der Waals surface area (Å²) in [6, 6.07) is 2.43. The predicted octanol–water partition coefficient (Wildman–Crippen LogP) is 2.39. The summed E-state index contributed by atoms with van der Waals surface area (Å²) in [7, 11) is 0. The summed E-state index contributed by atoms with van der Waals surface area (Å²) in [6.07, 6.45) is 6.62. The van der Waals surface area contributed by atoms with Crippen molar-refractivity contribution in [1.29, 1.82) is 5.26 Å². The Balaban J connectivity index is 1.77. The molecule has 0 aliphatic heterocycles. The Morgan fingerprint density at radius 2 is 1.78 bits per heavy atom. The van der Waals surface area contributed by atoms with Gasteiger partial charge < -0.3 is 4.90 Å². The summed E-state index contributed by atoms with van der Waals surface area (Å²) < 4.78 is 0. The molecule has 0 heterocycles. The van der Waals surface area contributed by atoms with E-state index in [2.05, 4.69) is 23.2 Å². The predicted molar refractivity (Wildman–Crippen MR) is 74.2 cm³/mol. The molecule has 0 spiro atoms. The average molecular weight is 249 g/mol. The van der Waals surface area contributed by atoms with Gasteiger partial charge in [0.2, 0.25) is 0 Å². The number of nitriles is 1. The Labute approximate surface area is 112 Å². The lowest BCUT2D eigenvalue weighted by atomic mass is 9.99. The van der Waals surface area contributed by atoms with Gasteiger partial charge in [0.15, 0.2) is 0 Å². The highest BCUT2D eigenvalue weighted by Gasteiger charge is 2.30. The van der Waals surface area contributed by atoms with E-state index in [9.17, 15) is 5.26 Å². The normalized spacial score (nSPS) is 22.8. The van der Waals surface area contributed by atoms with E-state index in [-0.39, 0.29) is 5.54 Å². The molecule has 102 valence electrons. The number of nitrogens with one attached hydrogen (secondary N) is 1. The maximum atomic E-state index is 9.29. The Hall–Kier alpha value is -0.590. The van der Waals surface area contributed by atoms with Gasteiger partial charge in [-0.3, -0.25) is 5.32 Å². The first-order chi connectivity index (χ1) is 8.65. The molecule has 1 unspecified atom stereocenters. The Bertz CT molecular complexity index is 287. The minimum atomic E-state index is -0.347. The zero-order valence-corrected chi connectivity index (χ0v) is 11.9. The van der Waals surface area contributed by atoms with Crippen LogP contribution in [0.3, 0.4) is 0 Å². The highest BCUT2D eigenvalue weighted by atomic mass is 15.1. The summed E-state index contributed by atoms with van der Waals surface area (Å²) >= 11 is 0. The molecule has 3 heteroatoms. The van der Waals surface area contributed by atoms with Crippen LogP contribution in [0.15, 0.2) is 0 Å². The molecule has 18 heavy (non-hydrogen) atoms. The summed E-state index contributed by atoms with van der Waals surface area (Å²) in [5.74, 6) is 1.91. The van der Waals surface area contributed by atoms with Gasteiger partial charge in [-0.2, -0.15) is 5.26 Å². The lowest BCUT2D eigenvalue weighted by Gasteiger charge is -2.28. The standard InChI is InChI=1S/C15H27N3/c1-3-17-15(2,12-16)8-9-18(10-13-4-5-13)11-14-6-7-14/h13-14,17H,3-11H2,1-2H3. The van der Waals surface area contributed by atoms with E-state index in [0.717, 1.165) is 31.3 Å². The molecule has 2 fully saturated rings. The monoisotopic (exact) mass is 249 g/mol. The molecule has 0 bridgehead atoms. The molecule has 1 atom stereocenters. The van der Waals surface area contributed by atoms with E-state index in [1.165, 1.54) is 38.8 Å². The maximum Gasteiger partial charge on any atom is 0.105 e. The molecule has 2 aliphatic carbocycles. The molecule has 2 saturated carbocycles. The summed E-state index contributed by atoms with van der Waals surface area (Å²) in [5, 5.41) is 12.6. The zero-order valence-electron chi connectivity index (χ0n) is 11.9. The smallest absolute Gasteiger partial charge is 0.105 e. The number of nitrogens with zero attached hydrogens (tertiary/aromatic N) is 2. The average Bonchev–Trinajstić information content (AvgIpc) is 3.22. The number of rotatable bonds is 9. The molecule has 0 saturated heterocycles. The van der Waals surface area contributed by atoms with Crippen LogP contribution in [0.1, 0.15) is 46.0 Å². The van der Waals surface area contributed by atoms with Crippen molar-refractivity contribution in [2.45, 2.75) is 51.5 Å². The van der Waals surface area contributed by atoms with Crippen LogP contribution in [0.4, 0.5) is 0 Å². The summed E-state index contributed by atoms with van der Waals surface area (Å²) in [5.41, 5.74) is -0.347. The fourth-order valence-corrected chi connectivity index (χ4v) is 2.54. The highest BCUT2D eigenvalue weighted by molar-refractivity contribution is 5.04. The van der Waals surface area contributed by atoms with Crippen LogP contribution in [-0.4, -0.2) is 36.6 Å². The third kappa shape index (κ3) is 4.59. The van der Waals surface area contributed by atoms with Crippen LogP contribution in [0.25, 0.3) is 0 Å². The summed E-state index contributed by atoms with van der Waals surface area (Å²) in [4.78, 5) is 2.61. The van der Waals surface area contributed by atoms with Crippen molar-refractivity contribution in [3.63, 3.8) is 0 Å². The number of hydrogen-bond acceptors (Lipinski definition) is 3. The van der Waals surface area contributed by atoms with Crippen LogP contribution in [-0.2, 0) is 0 Å². The van der Waals surface area contributed by atoms with Gasteiger partial charge in [-0.15, -0.1) is 0 Å². The third-order valence-corrected chi connectivity index (χ3v) is 4.17. The highest BCUT2D eigenvalue weighted by Crippen LogP contribution is 2.33. The van der Waals surface area contributed by atoms with Crippen molar-refractivity contribution in [2.24, 2.45) is 11.8 Å². The minimum Gasteiger partial charge on any atom is -0.303 e. The van der Waals surface area contributed by atoms with Gasteiger partial charge in [-0.05, 0) is 57.4 Å². The Morgan fingerprint density at radius 3 is 2.17 bits per heavy atom. The van der Waals surface area contributed by atoms with E-state index in [4.69, 9.17) is 0 Å². The fourth-order valence-electron chi connectivity index (χ4n) is 2.54. The first-order valence-electron chi connectivity index (χ1n) is 7.54. The Morgan fingerprint density at radius 1 is 1.22 bits per heavy atom. The molecule has 2 aliphatic rings. The SMILES string of the molecule is CCNC(C)(C#N)CCN(CC1CC1)CC1CC1. The van der Waals surface area contributed by atoms with Crippen molar-refractivity contribution < 1.29 is 0 Å². The van der Waals surface area contributed by atoms with E-state index in [0.29, 0.717) is 0 Å². The minimum absolute atomic E-state index is 0.347. The summed E-state index contributed by atoms with van der Waals surface area (Å²) in [6.45, 7) is 8.58. The van der Waals surface area contributed by atoms with Crippen molar-refractivity contribution in [3.05, 3.63) is 0 Å². The second-order valence-corrected chi connectivity index (χ2v) is 6.37. The topological polar surface area (TPSA) is 39.1 Å². The van der Waals surface area contributed by atoms with Gasteiger partial charge in [0, 0.05) is 19.6 Å². The quantitative estimate of drug-likeness (QED) is 0.682. The van der Waals surface area contributed by atoms with Crippen molar-refractivity contribution in [1.82, 2.24) is 10.2 Å². The van der Waals surface area contributed by atoms with Crippen LogP contribution in [0.2, 0.25) is 0 Å². The second-order valence-electron chi connectivity index (χ2n) is 6.37. The second kappa shape index (κ2) is 6.04. The number of hydrogen-bond donors (Lipinski definition) is 1. The largest absolute Gasteiger partial charge is 0.303 e. The lowest BCUT2D eigenvalue weighted by molar-refractivity contribution is 0.228. The van der Waals surface area contributed by atoms with Gasteiger partial charge in [0.25, 0.3) is 0 Å². The van der Waals surface area contributed by atoms with Crippen LogP contribution < -0.4 is 5.32 Å². The Kier molecular flexibility index (Phi) is 4.64. The fraction of sp³-hybridized carbons (Fsp3) is 0.933. The molecule has 0 aromatic heterocycles. The van der Waals surface area contributed by atoms with Gasteiger partial charge in [0.1, 0.15) is 5.54 Å². The molecule has 0 radical (unpaired) electrons. The van der Waals surface area contributed by atoms with Crippen molar-refractivity contribution in [3.8, 4) is 6.07 Å². The van der Waals surface area contributed by atoms with Crippen molar-refractivity contribution >= 4 is 0 Å². The van der Waals surface area contributed by atoms with E-state index in [1.54, 1.807) is 0 Å². The van der Waals surface area contributed by atoms with Gasteiger partial charge >= 0.3 is 0 Å². The lowest BCUT2D eigenvalue weighted by Crippen LogP contribution is -2.44. The van der Waals surface area contributed by atoms with E-state index < -0.39 is 0 Å². The van der Waals surface area contributed by atoms with Crippen molar-refractivity contribution in [2.75, 3.05) is 26.2 Å². The first-order valence-corrected chi connectivity index (χ1v) is 7.54. The van der Waals surface area contributed by atoms with Crippen LogP contribution in [0.5, 0.6) is 0 Å². The third-order valence-electron chi connectivity index (χ3n) is 4.17. The molecule has 3 nitrogen and oxygen atoms in total. The first kappa shape index (κ1) is 13.8. The molecule has 0 aromatic carbocycles. The van der Waals surface area contributed by atoms with E-state index in [1.807, 2.05) is 6.92 Å². The molecular formula is C15H27N3. The van der Waals surface area contributed by atoms with Gasteiger partial charge in [-0.1, -0.05) is 6.92 Å². The maximum absolute atomic E-state index is 9.29. The molecule has 2 rings (SSSR count). The zero-order chi connectivity index (χ0) is 13.0. The van der Waals surface area contributed by atoms with Gasteiger partial charge in [0.05, 0.1) is 6.07 Å². The van der Waals surface area contributed by atoms with Crippen LogP contribution >= 0.6 is 0 Å². The van der Waals surface area contributed by atoms with Crippen LogP contribution in [0, 0.1) is 23.2 Å². The molecule has 0 aromatic rings. The van der Waals surface area contributed by atoms with Gasteiger partial charge in [-0.25, -0.2) is 0 Å². The molecule has 0 amide bonds. The molecular weight excluding hydrogens is 222 g/mol. The molecule has 1 N–H and O–H groups in total.